The van der Waals surface area contributed by atoms with Gasteiger partial charge in [-0.2, -0.15) is 5.10 Å². The van der Waals surface area contributed by atoms with E-state index in [-0.39, 0.29) is 17.6 Å². The number of anilines is 2. The van der Waals surface area contributed by atoms with Crippen molar-refractivity contribution >= 4 is 17.5 Å². The van der Waals surface area contributed by atoms with E-state index in [0.717, 1.165) is 16.1 Å². The Hall–Kier alpha value is -2.97. The molecule has 26 heavy (non-hydrogen) atoms. The number of piperidine rings is 1. The van der Waals surface area contributed by atoms with Crippen LogP contribution in [0.25, 0.3) is 0 Å². The predicted octanol–water partition coefficient (Wildman–Crippen LogP) is 0.0375. The van der Waals surface area contributed by atoms with Gasteiger partial charge in [0.2, 0.25) is 5.91 Å². The minimum absolute atomic E-state index is 0.177. The number of hydrogen-bond acceptors (Lipinski definition) is 6. The zero-order chi connectivity index (χ0) is 18.8. The van der Waals surface area contributed by atoms with Crippen LogP contribution in [0, 0.1) is 12.8 Å². The first-order valence-corrected chi connectivity index (χ1v) is 8.50. The van der Waals surface area contributed by atoms with Crippen molar-refractivity contribution in [2.75, 3.05) is 23.3 Å². The van der Waals surface area contributed by atoms with Crippen LogP contribution < -0.4 is 21.5 Å². The van der Waals surface area contributed by atoms with Gasteiger partial charge in [0.05, 0.1) is 5.69 Å². The highest BCUT2D eigenvalue weighted by Crippen LogP contribution is 2.22. The molecule has 0 bridgehead atoms. The lowest BCUT2D eigenvalue weighted by molar-refractivity contribution is -0.120. The summed E-state index contributed by atoms with van der Waals surface area (Å²) in [5.41, 5.74) is -0.0561. The van der Waals surface area contributed by atoms with E-state index in [0.29, 0.717) is 25.9 Å². The van der Waals surface area contributed by atoms with Crippen LogP contribution in [0.15, 0.2) is 27.8 Å². The molecule has 3 rings (SSSR count). The highest BCUT2D eigenvalue weighted by molar-refractivity contribution is 5.91. The third-order valence-corrected chi connectivity index (χ3v) is 4.75. The molecule has 0 aromatic carbocycles. The number of amides is 1. The normalized spacial score (nSPS) is 15.1. The fraction of sp³-hybridized carbons (Fsp3) is 0.471. The van der Waals surface area contributed by atoms with E-state index < -0.39 is 11.2 Å². The molecule has 138 valence electrons. The van der Waals surface area contributed by atoms with Gasteiger partial charge < -0.3 is 10.2 Å². The van der Waals surface area contributed by atoms with Crippen molar-refractivity contribution in [1.82, 2.24) is 19.3 Å². The lowest BCUT2D eigenvalue weighted by Crippen LogP contribution is -2.41. The second-order valence-corrected chi connectivity index (χ2v) is 6.55. The van der Waals surface area contributed by atoms with Crippen LogP contribution in [0.3, 0.4) is 0 Å². The van der Waals surface area contributed by atoms with Gasteiger partial charge in [0, 0.05) is 39.2 Å². The molecule has 0 spiro atoms. The molecule has 0 atom stereocenters. The third-order valence-electron chi connectivity index (χ3n) is 4.75. The van der Waals surface area contributed by atoms with Crippen molar-refractivity contribution in [3.63, 3.8) is 0 Å². The molecular weight excluding hydrogens is 336 g/mol. The van der Waals surface area contributed by atoms with E-state index in [2.05, 4.69) is 20.4 Å². The summed E-state index contributed by atoms with van der Waals surface area (Å²) in [7, 11) is 2.93. The number of carbonyl (C=O) groups is 1. The summed E-state index contributed by atoms with van der Waals surface area (Å²) >= 11 is 0. The summed E-state index contributed by atoms with van der Waals surface area (Å²) in [6, 6.07) is 5.10. The standard InChI is InChI=1S/C17H22N6O3/c1-11-4-5-13(20-19-11)23-8-6-12(7-9-23)16(25)18-14-10-15(24)22(3)17(26)21(14)2/h4-5,10,12H,6-9H2,1-3H3,(H,18,25). The maximum absolute atomic E-state index is 12.5. The van der Waals surface area contributed by atoms with Crippen LogP contribution in [-0.4, -0.2) is 38.3 Å². The zero-order valence-corrected chi connectivity index (χ0v) is 15.1. The Morgan fingerprint density at radius 1 is 1.12 bits per heavy atom. The minimum Gasteiger partial charge on any atom is -0.355 e. The van der Waals surface area contributed by atoms with Crippen LogP contribution in [0.1, 0.15) is 18.5 Å². The summed E-state index contributed by atoms with van der Waals surface area (Å²) in [5.74, 6) is 0.671. The third kappa shape index (κ3) is 3.51. The van der Waals surface area contributed by atoms with E-state index in [4.69, 9.17) is 0 Å². The molecule has 1 aliphatic rings. The average Bonchev–Trinajstić information content (AvgIpc) is 2.65. The quantitative estimate of drug-likeness (QED) is 0.831. The second kappa shape index (κ2) is 7.11. The first-order valence-electron chi connectivity index (χ1n) is 8.50. The Balaban J connectivity index is 1.65. The van der Waals surface area contributed by atoms with Crippen molar-refractivity contribution < 1.29 is 4.79 Å². The van der Waals surface area contributed by atoms with Crippen molar-refractivity contribution in [2.45, 2.75) is 19.8 Å². The summed E-state index contributed by atoms with van der Waals surface area (Å²) in [5, 5.41) is 11.0. The van der Waals surface area contributed by atoms with Gasteiger partial charge in [0.25, 0.3) is 5.56 Å². The van der Waals surface area contributed by atoms with Gasteiger partial charge in [-0.05, 0) is 31.9 Å². The Morgan fingerprint density at radius 3 is 2.42 bits per heavy atom. The monoisotopic (exact) mass is 358 g/mol. The minimum atomic E-state index is -0.472. The number of nitrogens with zero attached hydrogens (tertiary/aromatic N) is 5. The Morgan fingerprint density at radius 2 is 1.81 bits per heavy atom. The van der Waals surface area contributed by atoms with Crippen LogP contribution in [0.5, 0.6) is 0 Å². The largest absolute Gasteiger partial charge is 0.355 e. The van der Waals surface area contributed by atoms with Crippen molar-refractivity contribution in [3.05, 3.63) is 44.7 Å². The van der Waals surface area contributed by atoms with Crippen molar-refractivity contribution in [3.8, 4) is 0 Å². The van der Waals surface area contributed by atoms with Crippen LogP contribution >= 0.6 is 0 Å². The molecule has 9 nitrogen and oxygen atoms in total. The molecule has 1 amide bonds. The van der Waals surface area contributed by atoms with E-state index in [9.17, 15) is 14.4 Å². The molecule has 1 fully saturated rings. The van der Waals surface area contributed by atoms with Gasteiger partial charge in [-0.25, -0.2) is 4.79 Å². The highest BCUT2D eigenvalue weighted by Gasteiger charge is 2.26. The maximum Gasteiger partial charge on any atom is 0.332 e. The average molecular weight is 358 g/mol. The van der Waals surface area contributed by atoms with Gasteiger partial charge in [-0.1, -0.05) is 0 Å². The Kier molecular flexibility index (Phi) is 4.88. The van der Waals surface area contributed by atoms with Gasteiger partial charge in [0.15, 0.2) is 5.82 Å². The molecule has 9 heteroatoms. The van der Waals surface area contributed by atoms with Crippen LogP contribution in [-0.2, 0) is 18.9 Å². The second-order valence-electron chi connectivity index (χ2n) is 6.55. The SMILES string of the molecule is Cc1ccc(N2CCC(C(=O)Nc3cc(=O)n(C)c(=O)n3C)CC2)nn1. The maximum atomic E-state index is 12.5. The van der Waals surface area contributed by atoms with E-state index in [1.165, 1.54) is 24.7 Å². The fourth-order valence-electron chi connectivity index (χ4n) is 3.01. The molecule has 0 aliphatic carbocycles. The number of hydrogen-bond donors (Lipinski definition) is 1. The molecular formula is C17H22N6O3. The molecule has 1 saturated heterocycles. The molecule has 0 radical (unpaired) electrons. The number of carbonyl (C=O) groups excluding carboxylic acids is 1. The summed E-state index contributed by atoms with van der Waals surface area (Å²) in [6.07, 6.45) is 1.33. The number of aromatic nitrogens is 4. The van der Waals surface area contributed by atoms with Gasteiger partial charge in [0.1, 0.15) is 5.82 Å². The predicted molar refractivity (Wildman–Crippen MR) is 97.3 cm³/mol. The van der Waals surface area contributed by atoms with Gasteiger partial charge in [-0.3, -0.25) is 18.7 Å². The molecule has 1 N–H and O–H groups in total. The molecule has 3 heterocycles. The number of nitrogens with one attached hydrogen (secondary N) is 1. The van der Waals surface area contributed by atoms with E-state index in [1.54, 1.807) is 0 Å². The molecule has 2 aromatic heterocycles. The topological polar surface area (TPSA) is 102 Å². The summed E-state index contributed by atoms with van der Waals surface area (Å²) in [6.45, 7) is 3.29. The highest BCUT2D eigenvalue weighted by atomic mass is 16.2. The van der Waals surface area contributed by atoms with Gasteiger partial charge >= 0.3 is 5.69 Å². The molecule has 2 aromatic rings. The summed E-state index contributed by atoms with van der Waals surface area (Å²) < 4.78 is 2.26. The number of rotatable bonds is 3. The van der Waals surface area contributed by atoms with Crippen molar-refractivity contribution in [1.29, 1.82) is 0 Å². The van der Waals surface area contributed by atoms with E-state index >= 15 is 0 Å². The first-order chi connectivity index (χ1) is 12.4. The molecule has 1 aliphatic heterocycles. The Bertz CT molecular complexity index is 923. The Labute approximate surface area is 150 Å². The lowest BCUT2D eigenvalue weighted by Gasteiger charge is -2.31. The van der Waals surface area contributed by atoms with Crippen LogP contribution in [0.2, 0.25) is 0 Å². The first kappa shape index (κ1) is 17.8. The lowest BCUT2D eigenvalue weighted by atomic mass is 9.96. The zero-order valence-electron chi connectivity index (χ0n) is 15.1. The number of aryl methyl sites for hydroxylation is 1. The summed E-state index contributed by atoms with van der Waals surface area (Å²) in [4.78, 5) is 38.4. The van der Waals surface area contributed by atoms with Crippen LogP contribution in [0.4, 0.5) is 11.6 Å². The van der Waals surface area contributed by atoms with Crippen molar-refractivity contribution in [2.24, 2.45) is 20.0 Å². The fourth-order valence-corrected chi connectivity index (χ4v) is 3.01. The van der Waals surface area contributed by atoms with Gasteiger partial charge in [-0.15, -0.1) is 5.10 Å². The smallest absolute Gasteiger partial charge is 0.332 e. The molecule has 0 saturated carbocycles. The van der Waals surface area contributed by atoms with E-state index in [1.807, 2.05) is 19.1 Å². The molecule has 0 unspecified atom stereocenters.